The van der Waals surface area contributed by atoms with Gasteiger partial charge in [0.05, 0.1) is 6.42 Å². The number of rotatable bonds is 10. The number of nitrogens with one attached hydrogen (secondary N) is 2. The highest BCUT2D eigenvalue weighted by Gasteiger charge is 2.01. The van der Waals surface area contributed by atoms with Crippen LogP contribution in [0.1, 0.15) is 37.7 Å². The molecule has 0 spiro atoms. The third-order valence-electron chi connectivity index (χ3n) is 3.57. The van der Waals surface area contributed by atoms with Gasteiger partial charge in [0.15, 0.2) is 0 Å². The molecule has 1 rings (SSSR count). The summed E-state index contributed by atoms with van der Waals surface area (Å²) in [7, 11) is 4.00. The number of unbranched alkanes of at least 4 members (excludes halogenated alkanes) is 3. The topological polar surface area (TPSA) is 89.1 Å². The summed E-state index contributed by atoms with van der Waals surface area (Å²) < 4.78 is 0. The van der Waals surface area contributed by atoms with Gasteiger partial charge in [-0.1, -0.05) is 25.0 Å². The van der Waals surface area contributed by atoms with Crippen molar-refractivity contribution >= 4 is 17.6 Å². The fourth-order valence-electron chi connectivity index (χ4n) is 2.16. The zero-order valence-electron chi connectivity index (χ0n) is 14.2. The molecule has 0 radical (unpaired) electrons. The van der Waals surface area contributed by atoms with Gasteiger partial charge >= 0.3 is 11.9 Å². The molecule has 0 atom stereocenters. The Morgan fingerprint density at radius 1 is 1.00 bits per heavy atom. The Morgan fingerprint density at radius 3 is 2.26 bits per heavy atom. The van der Waals surface area contributed by atoms with E-state index in [0.717, 1.165) is 36.9 Å². The van der Waals surface area contributed by atoms with Crippen molar-refractivity contribution in [1.29, 1.82) is 0 Å². The Hall–Kier alpha value is -2.08. The van der Waals surface area contributed by atoms with E-state index in [-0.39, 0.29) is 11.9 Å². The maximum Gasteiger partial charge on any atom is 0.315 e. The van der Waals surface area contributed by atoms with E-state index in [1.807, 2.05) is 43.3 Å². The van der Waals surface area contributed by atoms with E-state index >= 15 is 0 Å². The number of amides is 3. The largest absolute Gasteiger partial charge is 0.378 e. The van der Waals surface area contributed by atoms with Crippen LogP contribution in [0.5, 0.6) is 0 Å². The molecule has 128 valence electrons. The predicted molar refractivity (Wildman–Crippen MR) is 92.0 cm³/mol. The fourth-order valence-corrected chi connectivity index (χ4v) is 2.16. The second-order valence-electron chi connectivity index (χ2n) is 5.87. The molecule has 5 N–H and O–H groups in total. The first-order valence-electron chi connectivity index (χ1n) is 8.12. The lowest BCUT2D eigenvalue weighted by molar-refractivity contribution is -0.305. The van der Waals surface area contributed by atoms with Gasteiger partial charge in [0.1, 0.15) is 0 Å². The number of quaternary nitrogens is 1. The van der Waals surface area contributed by atoms with Crippen LogP contribution in [-0.2, 0) is 11.3 Å². The fraction of sp³-hybridized carbons (Fsp3) is 0.529. The Kier molecular flexibility index (Phi) is 8.75. The van der Waals surface area contributed by atoms with E-state index in [1.165, 1.54) is 0 Å². The highest BCUT2D eigenvalue weighted by molar-refractivity contribution is 5.73. The summed E-state index contributed by atoms with van der Waals surface area (Å²) in [5.41, 5.74) is 5.56. The molecule has 6 heteroatoms. The van der Waals surface area contributed by atoms with E-state index in [9.17, 15) is 9.59 Å². The van der Waals surface area contributed by atoms with Crippen LogP contribution in [0.2, 0.25) is 0 Å². The standard InChI is InChI=1S/C17H28N4O2/c1-21(2)15-10-8-14(9-11-15)13-20-17(23)19-12-6-4-3-5-7-16(18)22/h8-11H,3-7,12-13H2,1-2H3,(H2,18,22)(H2,19,20,23)/p+1. The Morgan fingerprint density at radius 2 is 1.65 bits per heavy atom. The molecular formula is C17H29N4O2+. The number of nitrogens with zero attached hydrogens (tertiary/aromatic N) is 1. The molecule has 0 bridgehead atoms. The van der Waals surface area contributed by atoms with Crippen LogP contribution in [0.25, 0.3) is 0 Å². The van der Waals surface area contributed by atoms with E-state index < -0.39 is 0 Å². The van der Waals surface area contributed by atoms with Crippen LogP contribution in [0.4, 0.5) is 10.5 Å². The smallest absolute Gasteiger partial charge is 0.315 e. The third-order valence-corrected chi connectivity index (χ3v) is 3.57. The first kappa shape index (κ1) is 19.0. The number of hydrogen-bond donors (Lipinski definition) is 3. The zero-order chi connectivity index (χ0) is 17.1. The monoisotopic (exact) mass is 321 g/mol. The summed E-state index contributed by atoms with van der Waals surface area (Å²) >= 11 is 0. The minimum absolute atomic E-state index is 0.00103. The zero-order valence-corrected chi connectivity index (χ0v) is 14.2. The average molecular weight is 321 g/mol. The average Bonchev–Trinajstić information content (AvgIpc) is 2.52. The number of urea groups is 1. The lowest BCUT2D eigenvalue weighted by atomic mass is 10.1. The molecule has 6 nitrogen and oxygen atoms in total. The van der Waals surface area contributed by atoms with Crippen LogP contribution in [-0.4, -0.2) is 32.6 Å². The van der Waals surface area contributed by atoms with Crippen molar-refractivity contribution < 1.29 is 15.3 Å². The number of hydrogen-bond acceptors (Lipinski definition) is 3. The predicted octanol–water partition coefficient (Wildman–Crippen LogP) is 1.27. The van der Waals surface area contributed by atoms with Crippen LogP contribution in [0.15, 0.2) is 24.3 Å². The summed E-state index contributed by atoms with van der Waals surface area (Å²) in [6.45, 7) is 1.18. The van der Waals surface area contributed by atoms with Gasteiger partial charge < -0.3 is 15.5 Å². The normalized spacial score (nSPS) is 10.2. The summed E-state index contributed by atoms with van der Waals surface area (Å²) in [6, 6.07) is 7.95. The molecule has 0 unspecified atom stereocenters. The van der Waals surface area contributed by atoms with Gasteiger partial charge in [-0.15, -0.1) is 0 Å². The summed E-state index contributed by atoms with van der Waals surface area (Å²) in [5, 5.41) is 5.69. The van der Waals surface area contributed by atoms with Gasteiger partial charge in [0, 0.05) is 32.9 Å². The van der Waals surface area contributed by atoms with Gasteiger partial charge in [0.2, 0.25) is 0 Å². The highest BCUT2D eigenvalue weighted by Crippen LogP contribution is 2.11. The van der Waals surface area contributed by atoms with E-state index in [1.54, 1.807) is 0 Å². The van der Waals surface area contributed by atoms with Gasteiger partial charge in [-0.2, -0.15) is 0 Å². The highest BCUT2D eigenvalue weighted by atomic mass is 16.2. The molecular weight excluding hydrogens is 292 g/mol. The maximum absolute atomic E-state index is 11.7. The lowest BCUT2D eigenvalue weighted by Crippen LogP contribution is -2.56. The quantitative estimate of drug-likeness (QED) is 0.567. The molecule has 0 aliphatic rings. The molecule has 3 amide bonds. The van der Waals surface area contributed by atoms with Crippen molar-refractivity contribution in [3.05, 3.63) is 29.8 Å². The molecule has 0 heterocycles. The molecule has 0 saturated carbocycles. The van der Waals surface area contributed by atoms with Crippen molar-refractivity contribution in [2.45, 2.75) is 38.6 Å². The summed E-state index contributed by atoms with van der Waals surface area (Å²) in [4.78, 5) is 24.4. The van der Waals surface area contributed by atoms with Crippen LogP contribution >= 0.6 is 0 Å². The summed E-state index contributed by atoms with van der Waals surface area (Å²) in [6.07, 6.45) is 4.39. The maximum atomic E-state index is 11.7. The molecule has 0 saturated heterocycles. The van der Waals surface area contributed by atoms with Gasteiger partial charge in [-0.25, -0.2) is 9.59 Å². The van der Waals surface area contributed by atoms with E-state index in [0.29, 0.717) is 19.5 Å². The molecule has 1 aromatic carbocycles. The second kappa shape index (κ2) is 10.6. The van der Waals surface area contributed by atoms with Crippen LogP contribution in [0.3, 0.4) is 0 Å². The molecule has 0 aromatic heterocycles. The second-order valence-corrected chi connectivity index (χ2v) is 5.87. The molecule has 23 heavy (non-hydrogen) atoms. The minimum atomic E-state index is -0.144. The number of benzene rings is 1. The van der Waals surface area contributed by atoms with Crippen molar-refractivity contribution in [3.8, 4) is 0 Å². The molecule has 0 aliphatic carbocycles. The first-order chi connectivity index (χ1) is 11.0. The van der Waals surface area contributed by atoms with E-state index in [4.69, 9.17) is 0 Å². The molecule has 0 aliphatic heterocycles. The van der Waals surface area contributed by atoms with Crippen molar-refractivity contribution in [2.75, 3.05) is 25.5 Å². The number of anilines is 1. The Labute approximate surface area is 138 Å². The van der Waals surface area contributed by atoms with E-state index in [2.05, 4.69) is 16.4 Å². The lowest BCUT2D eigenvalue weighted by Gasteiger charge is -2.13. The van der Waals surface area contributed by atoms with Crippen molar-refractivity contribution in [1.82, 2.24) is 10.6 Å². The SMILES string of the molecule is CN(C)c1ccc(CNC(=O)NCCCCCCC([NH3+])=O)cc1. The molecule has 1 aromatic rings. The number of carbonyl (C=O) groups is 2. The Balaban J connectivity index is 2.09. The van der Waals surface area contributed by atoms with Crippen LogP contribution in [0, 0.1) is 0 Å². The third kappa shape index (κ3) is 8.83. The minimum Gasteiger partial charge on any atom is -0.378 e. The van der Waals surface area contributed by atoms with Gasteiger partial charge in [0.25, 0.3) is 0 Å². The van der Waals surface area contributed by atoms with Gasteiger partial charge in [-0.05, 0) is 30.5 Å². The Bertz CT molecular complexity index is 486. The van der Waals surface area contributed by atoms with Gasteiger partial charge in [-0.3, -0.25) is 5.73 Å². The van der Waals surface area contributed by atoms with Crippen molar-refractivity contribution in [2.24, 2.45) is 0 Å². The summed E-state index contributed by atoms with van der Waals surface area (Å²) in [5.74, 6) is 0.00103. The molecule has 0 fully saturated rings. The first-order valence-corrected chi connectivity index (χ1v) is 8.12. The van der Waals surface area contributed by atoms with Crippen molar-refractivity contribution in [3.63, 3.8) is 0 Å². The van der Waals surface area contributed by atoms with Crippen LogP contribution < -0.4 is 21.3 Å². The number of carbonyl (C=O) groups excluding carboxylic acids is 2.